The highest BCUT2D eigenvalue weighted by Gasteiger charge is 2.35. The van der Waals surface area contributed by atoms with Crippen molar-refractivity contribution in [2.24, 2.45) is 11.8 Å². The minimum atomic E-state index is 0.273. The molecule has 3 heteroatoms. The van der Waals surface area contributed by atoms with E-state index in [1.165, 1.54) is 19.3 Å². The van der Waals surface area contributed by atoms with Gasteiger partial charge in [-0.05, 0) is 44.6 Å². The summed E-state index contributed by atoms with van der Waals surface area (Å²) in [6.07, 6.45) is 5.98. The van der Waals surface area contributed by atoms with Crippen LogP contribution in [-0.4, -0.2) is 36.5 Å². The van der Waals surface area contributed by atoms with E-state index < -0.39 is 0 Å². The summed E-state index contributed by atoms with van der Waals surface area (Å²) in [6.45, 7) is 7.33. The average molecular weight is 238 g/mol. The van der Waals surface area contributed by atoms with Crippen LogP contribution in [0.3, 0.4) is 0 Å². The van der Waals surface area contributed by atoms with Crippen LogP contribution in [0.25, 0.3) is 0 Å². The van der Waals surface area contributed by atoms with E-state index in [2.05, 4.69) is 24.1 Å². The zero-order valence-electron chi connectivity index (χ0n) is 11.2. The first-order chi connectivity index (χ1) is 8.22. The molecule has 0 aromatic heterocycles. The van der Waals surface area contributed by atoms with Crippen molar-refractivity contribution in [3.8, 4) is 0 Å². The molecule has 1 aliphatic heterocycles. The van der Waals surface area contributed by atoms with E-state index in [-0.39, 0.29) is 5.92 Å². The highest BCUT2D eigenvalue weighted by Crippen LogP contribution is 2.37. The van der Waals surface area contributed by atoms with Gasteiger partial charge < -0.3 is 10.2 Å². The van der Waals surface area contributed by atoms with E-state index in [1.807, 2.05) is 0 Å². The minimum absolute atomic E-state index is 0.273. The van der Waals surface area contributed by atoms with Gasteiger partial charge >= 0.3 is 0 Å². The number of hydrogen-bond donors (Lipinski definition) is 1. The maximum atomic E-state index is 12.2. The molecule has 0 radical (unpaired) electrons. The Kier molecular flexibility index (Phi) is 4.43. The Balaban J connectivity index is 1.72. The number of nitrogens with one attached hydrogen (secondary N) is 1. The Labute approximate surface area is 105 Å². The van der Waals surface area contributed by atoms with Crippen LogP contribution in [0.1, 0.15) is 46.0 Å². The molecule has 2 rings (SSSR count). The second-order valence-electron chi connectivity index (χ2n) is 5.68. The molecule has 0 aromatic carbocycles. The summed E-state index contributed by atoms with van der Waals surface area (Å²) >= 11 is 0. The topological polar surface area (TPSA) is 32.3 Å². The predicted molar refractivity (Wildman–Crippen MR) is 69.8 cm³/mol. The van der Waals surface area contributed by atoms with Crippen molar-refractivity contribution in [1.29, 1.82) is 0 Å². The second-order valence-corrected chi connectivity index (χ2v) is 5.68. The molecule has 1 N–H and O–H groups in total. The average Bonchev–Trinajstić information content (AvgIpc) is 3.19. The van der Waals surface area contributed by atoms with Gasteiger partial charge in [0, 0.05) is 25.0 Å². The SMILES string of the molecule is CCCNC1CCN(C(=O)C(C)C2CC2)CC1. The Morgan fingerprint density at radius 3 is 2.47 bits per heavy atom. The van der Waals surface area contributed by atoms with Crippen LogP contribution in [0.2, 0.25) is 0 Å². The summed E-state index contributed by atoms with van der Waals surface area (Å²) in [5.74, 6) is 1.37. The summed E-state index contributed by atoms with van der Waals surface area (Å²) in [6, 6.07) is 0.634. The second kappa shape index (κ2) is 5.85. The van der Waals surface area contributed by atoms with Gasteiger partial charge in [0.05, 0.1) is 0 Å². The molecule has 17 heavy (non-hydrogen) atoms. The van der Waals surface area contributed by atoms with Crippen LogP contribution < -0.4 is 5.32 Å². The van der Waals surface area contributed by atoms with Gasteiger partial charge in [0.1, 0.15) is 0 Å². The van der Waals surface area contributed by atoms with Crippen molar-refractivity contribution in [2.75, 3.05) is 19.6 Å². The number of nitrogens with zero attached hydrogens (tertiary/aromatic N) is 1. The molecule has 0 spiro atoms. The monoisotopic (exact) mass is 238 g/mol. The molecule has 1 aliphatic carbocycles. The zero-order chi connectivity index (χ0) is 12.3. The maximum absolute atomic E-state index is 12.2. The first kappa shape index (κ1) is 12.9. The number of likely N-dealkylation sites (tertiary alicyclic amines) is 1. The van der Waals surface area contributed by atoms with Crippen molar-refractivity contribution in [3.05, 3.63) is 0 Å². The van der Waals surface area contributed by atoms with Gasteiger partial charge in [0.15, 0.2) is 0 Å². The highest BCUT2D eigenvalue weighted by molar-refractivity contribution is 5.79. The normalized spacial score (nSPS) is 23.8. The summed E-state index contributed by atoms with van der Waals surface area (Å²) in [5.41, 5.74) is 0. The Bertz CT molecular complexity index is 255. The summed E-state index contributed by atoms with van der Waals surface area (Å²) in [4.78, 5) is 14.3. The minimum Gasteiger partial charge on any atom is -0.342 e. The highest BCUT2D eigenvalue weighted by atomic mass is 16.2. The molecule has 98 valence electrons. The van der Waals surface area contributed by atoms with Crippen molar-refractivity contribution in [3.63, 3.8) is 0 Å². The Morgan fingerprint density at radius 1 is 1.29 bits per heavy atom. The van der Waals surface area contributed by atoms with Gasteiger partial charge in [0.2, 0.25) is 5.91 Å². The lowest BCUT2D eigenvalue weighted by atomic mass is 10.0. The molecule has 2 aliphatic rings. The quantitative estimate of drug-likeness (QED) is 0.795. The summed E-state index contributed by atoms with van der Waals surface area (Å²) < 4.78 is 0. The van der Waals surface area contributed by atoms with Crippen molar-refractivity contribution < 1.29 is 4.79 Å². The Morgan fingerprint density at radius 2 is 1.94 bits per heavy atom. The number of hydrogen-bond acceptors (Lipinski definition) is 2. The van der Waals surface area contributed by atoms with E-state index in [0.717, 1.165) is 32.5 Å². The molecule has 1 saturated carbocycles. The van der Waals surface area contributed by atoms with Crippen molar-refractivity contribution in [1.82, 2.24) is 10.2 Å². The van der Waals surface area contributed by atoms with Crippen LogP contribution >= 0.6 is 0 Å². The van der Waals surface area contributed by atoms with E-state index in [4.69, 9.17) is 0 Å². The Hall–Kier alpha value is -0.570. The summed E-state index contributed by atoms with van der Waals surface area (Å²) in [7, 11) is 0. The van der Waals surface area contributed by atoms with Crippen LogP contribution in [0, 0.1) is 11.8 Å². The van der Waals surface area contributed by atoms with E-state index in [9.17, 15) is 4.79 Å². The van der Waals surface area contributed by atoms with Crippen LogP contribution in [0.4, 0.5) is 0 Å². The number of carbonyl (C=O) groups is 1. The third-order valence-corrected chi connectivity index (χ3v) is 4.21. The van der Waals surface area contributed by atoms with Crippen molar-refractivity contribution >= 4 is 5.91 Å². The molecule has 1 unspecified atom stereocenters. The molecule has 0 bridgehead atoms. The van der Waals surface area contributed by atoms with E-state index in [0.29, 0.717) is 17.9 Å². The summed E-state index contributed by atoms with van der Waals surface area (Å²) in [5, 5.41) is 3.56. The standard InChI is InChI=1S/C14H26N2O/c1-3-8-15-13-6-9-16(10-7-13)14(17)11(2)12-4-5-12/h11-13,15H,3-10H2,1-2H3. The predicted octanol–water partition coefficient (Wildman–Crippen LogP) is 2.02. The number of amides is 1. The molecule has 1 amide bonds. The molecule has 0 aromatic rings. The number of carbonyl (C=O) groups excluding carboxylic acids is 1. The van der Waals surface area contributed by atoms with Crippen molar-refractivity contribution in [2.45, 2.75) is 52.0 Å². The molecular weight excluding hydrogens is 212 g/mol. The molecule has 1 heterocycles. The number of piperidine rings is 1. The van der Waals surface area contributed by atoms with Gasteiger partial charge in [-0.2, -0.15) is 0 Å². The molecule has 2 fully saturated rings. The van der Waals surface area contributed by atoms with Gasteiger partial charge in [-0.25, -0.2) is 0 Å². The first-order valence-corrected chi connectivity index (χ1v) is 7.24. The third kappa shape index (κ3) is 3.44. The van der Waals surface area contributed by atoms with Gasteiger partial charge in [-0.3, -0.25) is 4.79 Å². The smallest absolute Gasteiger partial charge is 0.225 e. The van der Waals surface area contributed by atoms with Gasteiger partial charge in [-0.1, -0.05) is 13.8 Å². The third-order valence-electron chi connectivity index (χ3n) is 4.21. The number of rotatable bonds is 5. The molecule has 1 saturated heterocycles. The van der Waals surface area contributed by atoms with Crippen LogP contribution in [0.5, 0.6) is 0 Å². The first-order valence-electron chi connectivity index (χ1n) is 7.24. The fraction of sp³-hybridized carbons (Fsp3) is 0.929. The largest absolute Gasteiger partial charge is 0.342 e. The fourth-order valence-electron chi connectivity index (χ4n) is 2.74. The molecule has 1 atom stereocenters. The molecule has 3 nitrogen and oxygen atoms in total. The lowest BCUT2D eigenvalue weighted by Gasteiger charge is -2.34. The zero-order valence-corrected chi connectivity index (χ0v) is 11.2. The fourth-order valence-corrected chi connectivity index (χ4v) is 2.74. The lowest BCUT2D eigenvalue weighted by molar-refractivity contribution is -0.136. The van der Waals surface area contributed by atoms with E-state index >= 15 is 0 Å². The van der Waals surface area contributed by atoms with Gasteiger partial charge in [-0.15, -0.1) is 0 Å². The van der Waals surface area contributed by atoms with E-state index in [1.54, 1.807) is 0 Å². The molecular formula is C14H26N2O. The van der Waals surface area contributed by atoms with Gasteiger partial charge in [0.25, 0.3) is 0 Å². The van der Waals surface area contributed by atoms with Crippen LogP contribution in [-0.2, 0) is 4.79 Å². The maximum Gasteiger partial charge on any atom is 0.225 e. The van der Waals surface area contributed by atoms with Crippen LogP contribution in [0.15, 0.2) is 0 Å². The lowest BCUT2D eigenvalue weighted by Crippen LogP contribution is -2.46.